The number of azide groups is 1. The maximum atomic E-state index is 14.0. The molecule has 206 valence electrons. The second-order valence-corrected chi connectivity index (χ2v) is 9.36. The molecule has 1 aliphatic heterocycles. The van der Waals surface area contributed by atoms with Crippen molar-refractivity contribution in [2.45, 2.75) is 37.5 Å². The number of hydrogen-bond acceptors (Lipinski definition) is 6. The predicted molar refractivity (Wildman–Crippen MR) is 154 cm³/mol. The number of nitrogens with one attached hydrogen (secondary N) is 1. The zero-order valence-corrected chi connectivity index (χ0v) is 22.3. The van der Waals surface area contributed by atoms with Gasteiger partial charge in [-0.3, -0.25) is 4.79 Å². The van der Waals surface area contributed by atoms with Gasteiger partial charge in [0, 0.05) is 36.5 Å². The highest BCUT2D eigenvalue weighted by Gasteiger charge is 2.52. The summed E-state index contributed by atoms with van der Waals surface area (Å²) in [5, 5.41) is 15.8. The fraction of sp³-hybridized carbons (Fsp3) is 0.290. The largest absolute Gasteiger partial charge is 0.494 e. The highest BCUT2D eigenvalue weighted by atomic mass is 16.5. The molecule has 2 atom stereocenters. The van der Waals surface area contributed by atoms with Crippen molar-refractivity contribution in [2.24, 2.45) is 10.1 Å². The molecule has 9 nitrogen and oxygen atoms in total. The summed E-state index contributed by atoms with van der Waals surface area (Å²) in [7, 11) is 0. The van der Waals surface area contributed by atoms with Gasteiger partial charge in [0.25, 0.3) is 5.91 Å². The molecule has 0 radical (unpaired) electrons. The van der Waals surface area contributed by atoms with E-state index in [9.17, 15) is 4.79 Å². The number of ether oxygens (including phenoxy) is 2. The highest BCUT2D eigenvalue weighted by molar-refractivity contribution is 6.01. The van der Waals surface area contributed by atoms with Crippen molar-refractivity contribution in [1.82, 2.24) is 5.32 Å². The van der Waals surface area contributed by atoms with E-state index in [1.54, 1.807) is 18.2 Å². The average molecular weight is 540 g/mol. The molecule has 1 amide bonds. The molecule has 0 aliphatic carbocycles. The molecule has 9 heteroatoms. The molecule has 0 bridgehead atoms. The van der Waals surface area contributed by atoms with Crippen LogP contribution in [0.4, 0.5) is 0 Å². The normalized spacial score (nSPS) is 17.7. The van der Waals surface area contributed by atoms with E-state index in [-0.39, 0.29) is 25.5 Å². The van der Waals surface area contributed by atoms with Gasteiger partial charge < -0.3 is 19.9 Å². The van der Waals surface area contributed by atoms with Crippen LogP contribution < -0.4 is 10.1 Å². The van der Waals surface area contributed by atoms with Crippen LogP contribution in [0, 0.1) is 0 Å². The molecule has 0 spiro atoms. The molecular weight excluding hydrogens is 506 g/mol. The monoisotopic (exact) mass is 539 g/mol. The van der Waals surface area contributed by atoms with Gasteiger partial charge in [-0.25, -0.2) is 4.99 Å². The smallest absolute Gasteiger partial charge is 0.252 e. The number of carbonyl (C=O) groups excluding carboxylic acids is 1. The summed E-state index contributed by atoms with van der Waals surface area (Å²) in [5.41, 5.74) is 10.9. The summed E-state index contributed by atoms with van der Waals surface area (Å²) in [6, 6.07) is 24.6. The average Bonchev–Trinajstić information content (AvgIpc) is 3.38. The minimum absolute atomic E-state index is 0.0596. The maximum Gasteiger partial charge on any atom is 0.252 e. The van der Waals surface area contributed by atoms with Crippen LogP contribution in [0.1, 0.15) is 41.2 Å². The van der Waals surface area contributed by atoms with Gasteiger partial charge in [-0.1, -0.05) is 65.8 Å². The van der Waals surface area contributed by atoms with Gasteiger partial charge in [-0.15, -0.1) is 6.58 Å². The number of nitrogens with zero attached hydrogens (tertiary/aromatic N) is 4. The van der Waals surface area contributed by atoms with Gasteiger partial charge in [-0.2, -0.15) is 0 Å². The molecule has 0 unspecified atom stereocenters. The Kier molecular flexibility index (Phi) is 9.93. The third kappa shape index (κ3) is 6.69. The Morgan fingerprint density at radius 1 is 1.15 bits per heavy atom. The van der Waals surface area contributed by atoms with Gasteiger partial charge in [0.05, 0.1) is 13.2 Å². The fourth-order valence-corrected chi connectivity index (χ4v) is 4.67. The van der Waals surface area contributed by atoms with Crippen molar-refractivity contribution in [2.75, 3.05) is 19.8 Å². The van der Waals surface area contributed by atoms with Crippen LogP contribution in [0.25, 0.3) is 10.4 Å². The van der Waals surface area contributed by atoms with E-state index in [1.807, 2.05) is 66.7 Å². The van der Waals surface area contributed by atoms with E-state index in [0.717, 1.165) is 16.7 Å². The first kappa shape index (κ1) is 28.4. The van der Waals surface area contributed by atoms with Crippen LogP contribution in [0.2, 0.25) is 0 Å². The second-order valence-electron chi connectivity index (χ2n) is 9.36. The van der Waals surface area contributed by atoms with Crippen molar-refractivity contribution in [3.05, 3.63) is 124 Å². The molecule has 1 aliphatic rings. The molecule has 4 rings (SSSR count). The number of aliphatic imine (C=N–C) groups is 1. The number of benzene rings is 3. The minimum atomic E-state index is -1.32. The van der Waals surface area contributed by atoms with Crippen LogP contribution in [-0.4, -0.2) is 42.2 Å². The highest BCUT2D eigenvalue weighted by Crippen LogP contribution is 2.44. The van der Waals surface area contributed by atoms with E-state index in [2.05, 4.69) is 21.9 Å². The molecule has 3 aromatic carbocycles. The van der Waals surface area contributed by atoms with Crippen LogP contribution in [0.15, 0.2) is 102 Å². The van der Waals surface area contributed by atoms with Gasteiger partial charge >= 0.3 is 0 Å². The standard InChI is InChI=1S/C31H33N5O4/c1-2-18-31(30(38)33-19-17-23-9-4-3-5-10-23)28(27-12-7-6-11-25(27)22-34-36-32)40-29(35-31)24-13-15-26(16-14-24)39-21-8-20-37/h2-7,9-16,28,37H,1,8,17-22H2,(H,33,38)/t28-,31-/m1/s1. The Hall–Kier alpha value is -4.59. The lowest BCUT2D eigenvalue weighted by atomic mass is 9.82. The van der Waals surface area contributed by atoms with Crippen molar-refractivity contribution >= 4 is 11.8 Å². The molecule has 0 aromatic heterocycles. The Morgan fingerprint density at radius 3 is 2.62 bits per heavy atom. The Labute approximate surface area is 233 Å². The molecule has 0 fully saturated rings. The van der Waals surface area contributed by atoms with Gasteiger partial charge in [0.15, 0.2) is 11.6 Å². The number of carbonyl (C=O) groups is 1. The summed E-state index contributed by atoms with van der Waals surface area (Å²) < 4.78 is 12.1. The van der Waals surface area contributed by atoms with Crippen molar-refractivity contribution < 1.29 is 19.4 Å². The van der Waals surface area contributed by atoms with E-state index in [0.29, 0.717) is 43.2 Å². The van der Waals surface area contributed by atoms with Gasteiger partial charge in [-0.05, 0) is 52.9 Å². The molecule has 0 saturated carbocycles. The number of aliphatic hydroxyl groups excluding tert-OH is 1. The van der Waals surface area contributed by atoms with Crippen molar-refractivity contribution in [1.29, 1.82) is 0 Å². The first-order valence-corrected chi connectivity index (χ1v) is 13.2. The summed E-state index contributed by atoms with van der Waals surface area (Å²) in [4.78, 5) is 21.8. The topological polar surface area (TPSA) is 129 Å². The molecule has 3 aromatic rings. The van der Waals surface area contributed by atoms with Crippen LogP contribution in [0.3, 0.4) is 0 Å². The summed E-state index contributed by atoms with van der Waals surface area (Å²) >= 11 is 0. The zero-order chi connectivity index (χ0) is 28.2. The SMILES string of the molecule is C=CC[C@@]1(C(=O)NCCc2ccccc2)N=C(c2ccc(OCCCO)cc2)O[C@@H]1c1ccccc1CN=[N+]=[N-]. The Balaban J connectivity index is 1.68. The maximum absolute atomic E-state index is 14.0. The number of hydrogen-bond donors (Lipinski definition) is 2. The van der Waals surface area contributed by atoms with E-state index in [1.165, 1.54) is 0 Å². The third-order valence-corrected chi connectivity index (χ3v) is 6.67. The quantitative estimate of drug-likeness (QED) is 0.0928. The predicted octanol–water partition coefficient (Wildman–Crippen LogP) is 5.45. The van der Waals surface area contributed by atoms with Crippen LogP contribution in [-0.2, 0) is 22.5 Å². The molecular formula is C31H33N5O4. The van der Waals surface area contributed by atoms with Crippen LogP contribution >= 0.6 is 0 Å². The van der Waals surface area contributed by atoms with Crippen LogP contribution in [0.5, 0.6) is 5.75 Å². The lowest BCUT2D eigenvalue weighted by Gasteiger charge is -2.30. The Bertz CT molecular complexity index is 1370. The summed E-state index contributed by atoms with van der Waals surface area (Å²) in [6.45, 7) is 4.93. The van der Waals surface area contributed by atoms with E-state index >= 15 is 0 Å². The van der Waals surface area contributed by atoms with E-state index in [4.69, 9.17) is 25.1 Å². The summed E-state index contributed by atoms with van der Waals surface area (Å²) in [5.74, 6) is 0.708. The van der Waals surface area contributed by atoms with Crippen molar-refractivity contribution in [3.8, 4) is 5.75 Å². The lowest BCUT2D eigenvalue weighted by molar-refractivity contribution is -0.128. The molecule has 40 heavy (non-hydrogen) atoms. The van der Waals surface area contributed by atoms with Gasteiger partial charge in [0.1, 0.15) is 5.75 Å². The lowest BCUT2D eigenvalue weighted by Crippen LogP contribution is -2.48. The fourth-order valence-electron chi connectivity index (χ4n) is 4.67. The molecule has 1 heterocycles. The van der Waals surface area contributed by atoms with E-state index < -0.39 is 11.6 Å². The van der Waals surface area contributed by atoms with Crippen molar-refractivity contribution in [3.63, 3.8) is 0 Å². The third-order valence-electron chi connectivity index (χ3n) is 6.67. The molecule has 0 saturated heterocycles. The Morgan fingerprint density at radius 2 is 1.90 bits per heavy atom. The van der Waals surface area contributed by atoms with Gasteiger partial charge in [0.2, 0.25) is 5.90 Å². The minimum Gasteiger partial charge on any atom is -0.494 e. The zero-order valence-electron chi connectivity index (χ0n) is 22.3. The molecule has 2 N–H and O–H groups in total. The second kappa shape index (κ2) is 14.0. The first-order chi connectivity index (χ1) is 19.6. The number of amides is 1. The number of aliphatic hydroxyl groups is 1. The first-order valence-electron chi connectivity index (χ1n) is 13.2. The summed E-state index contributed by atoms with van der Waals surface area (Å²) in [6.07, 6.45) is 2.34. The number of rotatable bonds is 14.